The van der Waals surface area contributed by atoms with Crippen LogP contribution in [0.2, 0.25) is 0 Å². The zero-order valence-corrected chi connectivity index (χ0v) is 15.4. The molecule has 138 valence electrons. The fraction of sp³-hybridized carbons (Fsp3) is 0.455. The first-order valence-corrected chi connectivity index (χ1v) is 9.54. The molecule has 0 radical (unpaired) electrons. The number of ether oxygens (including phenoxy) is 1. The first-order chi connectivity index (χ1) is 12.7. The molecule has 1 aliphatic rings. The third-order valence-corrected chi connectivity index (χ3v) is 5.19. The number of Topliss-reactive ketones (excluding diaryl/α,β-unsaturated/α-hetero) is 1. The smallest absolute Gasteiger partial charge is 0.316 e. The lowest BCUT2D eigenvalue weighted by Gasteiger charge is -2.13. The van der Waals surface area contributed by atoms with Gasteiger partial charge >= 0.3 is 5.97 Å². The number of benzene rings is 1. The van der Waals surface area contributed by atoms with Gasteiger partial charge in [0.15, 0.2) is 5.78 Å². The van der Waals surface area contributed by atoms with Crippen LogP contribution in [0.15, 0.2) is 42.6 Å². The van der Waals surface area contributed by atoms with E-state index in [1.54, 1.807) is 0 Å². The number of carbonyl (C=O) groups is 2. The SMILES string of the molecule is COC(=O)C1CCCCCCCc2cc(cn2Cc2ccccc2)C1=O. The van der Waals surface area contributed by atoms with Gasteiger partial charge in [0.1, 0.15) is 5.92 Å². The molecule has 1 aromatic heterocycles. The van der Waals surface area contributed by atoms with Crippen LogP contribution in [0.3, 0.4) is 0 Å². The molecule has 2 aromatic rings. The van der Waals surface area contributed by atoms with Crippen molar-refractivity contribution in [2.45, 2.75) is 51.5 Å². The van der Waals surface area contributed by atoms with Gasteiger partial charge in [0.25, 0.3) is 0 Å². The van der Waals surface area contributed by atoms with Crippen LogP contribution in [-0.2, 0) is 22.5 Å². The number of carbonyl (C=O) groups excluding carboxylic acids is 2. The van der Waals surface area contributed by atoms with Crippen LogP contribution in [-0.4, -0.2) is 23.4 Å². The lowest BCUT2D eigenvalue weighted by molar-refractivity contribution is -0.143. The van der Waals surface area contributed by atoms with Crippen LogP contribution in [0.4, 0.5) is 0 Å². The lowest BCUT2D eigenvalue weighted by atomic mass is 9.92. The monoisotopic (exact) mass is 353 g/mol. The first kappa shape index (κ1) is 18.4. The summed E-state index contributed by atoms with van der Waals surface area (Å²) in [4.78, 5) is 25.1. The number of esters is 1. The highest BCUT2D eigenvalue weighted by atomic mass is 16.5. The Labute approximate surface area is 155 Å². The largest absolute Gasteiger partial charge is 0.468 e. The van der Waals surface area contributed by atoms with Gasteiger partial charge in [-0.2, -0.15) is 0 Å². The highest BCUT2D eigenvalue weighted by Gasteiger charge is 2.29. The molecule has 4 nitrogen and oxygen atoms in total. The van der Waals surface area contributed by atoms with E-state index in [4.69, 9.17) is 4.74 Å². The van der Waals surface area contributed by atoms with Crippen LogP contribution in [0.1, 0.15) is 60.1 Å². The molecule has 0 aliphatic heterocycles. The summed E-state index contributed by atoms with van der Waals surface area (Å²) in [5.74, 6) is -1.20. The second-order valence-electron chi connectivity index (χ2n) is 7.08. The topological polar surface area (TPSA) is 48.3 Å². The summed E-state index contributed by atoms with van der Waals surface area (Å²) in [6, 6.07) is 12.2. The minimum atomic E-state index is -0.681. The molecule has 0 amide bonds. The summed E-state index contributed by atoms with van der Waals surface area (Å²) in [6.07, 6.45) is 8.87. The van der Waals surface area contributed by atoms with E-state index in [2.05, 4.69) is 16.7 Å². The van der Waals surface area contributed by atoms with Gasteiger partial charge in [0.05, 0.1) is 7.11 Å². The summed E-state index contributed by atoms with van der Waals surface area (Å²) in [7, 11) is 1.36. The van der Waals surface area contributed by atoms with E-state index in [1.165, 1.54) is 24.8 Å². The fourth-order valence-corrected chi connectivity index (χ4v) is 3.71. The zero-order chi connectivity index (χ0) is 18.4. The van der Waals surface area contributed by atoms with Crippen LogP contribution >= 0.6 is 0 Å². The Balaban J connectivity index is 1.91. The third-order valence-electron chi connectivity index (χ3n) is 5.19. The van der Waals surface area contributed by atoms with E-state index in [0.29, 0.717) is 12.0 Å². The summed E-state index contributed by atoms with van der Waals surface area (Å²) in [5.41, 5.74) is 3.01. The van der Waals surface area contributed by atoms with Crippen molar-refractivity contribution in [2.75, 3.05) is 7.11 Å². The molecule has 4 heteroatoms. The van der Waals surface area contributed by atoms with E-state index < -0.39 is 11.9 Å². The van der Waals surface area contributed by atoms with Crippen molar-refractivity contribution in [3.05, 3.63) is 59.4 Å². The van der Waals surface area contributed by atoms with E-state index in [-0.39, 0.29) is 5.78 Å². The van der Waals surface area contributed by atoms with Crippen molar-refractivity contribution in [3.63, 3.8) is 0 Å². The van der Waals surface area contributed by atoms with Crippen molar-refractivity contribution >= 4 is 11.8 Å². The molecule has 3 rings (SSSR count). The number of fused-ring (bicyclic) bond motifs is 2. The van der Waals surface area contributed by atoms with E-state index >= 15 is 0 Å². The van der Waals surface area contributed by atoms with Gasteiger partial charge in [-0.15, -0.1) is 0 Å². The van der Waals surface area contributed by atoms with Crippen molar-refractivity contribution in [3.8, 4) is 0 Å². The van der Waals surface area contributed by atoms with Gasteiger partial charge in [-0.3, -0.25) is 9.59 Å². The van der Waals surface area contributed by atoms with Crippen LogP contribution in [0, 0.1) is 5.92 Å². The molecule has 1 unspecified atom stereocenters. The quantitative estimate of drug-likeness (QED) is 0.607. The maximum Gasteiger partial charge on any atom is 0.316 e. The Morgan fingerprint density at radius 2 is 1.85 bits per heavy atom. The molecule has 1 aliphatic carbocycles. The van der Waals surface area contributed by atoms with Crippen molar-refractivity contribution < 1.29 is 14.3 Å². The van der Waals surface area contributed by atoms with Crippen LogP contribution in [0.5, 0.6) is 0 Å². The van der Waals surface area contributed by atoms with Gasteiger partial charge < -0.3 is 9.30 Å². The Morgan fingerprint density at radius 3 is 2.62 bits per heavy atom. The Kier molecular flexibility index (Phi) is 6.26. The predicted octanol–water partition coefficient (Wildman–Crippen LogP) is 4.41. The normalized spacial score (nSPS) is 18.7. The maximum atomic E-state index is 13.0. The molecule has 0 saturated carbocycles. The second-order valence-corrected chi connectivity index (χ2v) is 7.08. The highest BCUT2D eigenvalue weighted by Crippen LogP contribution is 2.23. The average Bonchev–Trinajstić information content (AvgIpc) is 3.06. The Bertz CT molecular complexity index is 748. The van der Waals surface area contributed by atoms with Crippen LogP contribution in [0.25, 0.3) is 0 Å². The first-order valence-electron chi connectivity index (χ1n) is 9.54. The third kappa shape index (κ3) is 4.43. The van der Waals surface area contributed by atoms with E-state index in [1.807, 2.05) is 30.5 Å². The van der Waals surface area contributed by atoms with Crippen molar-refractivity contribution in [2.24, 2.45) is 5.92 Å². The molecular weight excluding hydrogens is 326 g/mol. The van der Waals surface area contributed by atoms with Crippen molar-refractivity contribution in [1.82, 2.24) is 4.57 Å². The van der Waals surface area contributed by atoms with Gasteiger partial charge in [0.2, 0.25) is 0 Å². The standard InChI is InChI=1S/C22H27NO3/c1-26-22(25)20-13-9-4-2-3-8-12-19-14-18(21(20)24)16-23(19)15-17-10-6-5-7-11-17/h5-7,10-11,14,16,20H,2-4,8-9,12-13,15H2,1H3. The number of hydrogen-bond acceptors (Lipinski definition) is 3. The van der Waals surface area contributed by atoms with Gasteiger partial charge in [-0.25, -0.2) is 0 Å². The number of nitrogens with zero attached hydrogens (tertiary/aromatic N) is 1. The summed E-state index contributed by atoms with van der Waals surface area (Å²) in [5, 5.41) is 0. The number of rotatable bonds is 3. The number of ketones is 1. The Morgan fingerprint density at radius 1 is 1.12 bits per heavy atom. The number of aromatic nitrogens is 1. The summed E-state index contributed by atoms with van der Waals surface area (Å²) in [6.45, 7) is 0.742. The zero-order valence-electron chi connectivity index (χ0n) is 15.4. The number of aryl methyl sites for hydroxylation is 1. The lowest BCUT2D eigenvalue weighted by Crippen LogP contribution is -2.25. The summed E-state index contributed by atoms with van der Waals surface area (Å²) < 4.78 is 7.05. The summed E-state index contributed by atoms with van der Waals surface area (Å²) >= 11 is 0. The Hall–Kier alpha value is -2.36. The molecule has 0 fully saturated rings. The minimum Gasteiger partial charge on any atom is -0.468 e. The average molecular weight is 353 g/mol. The maximum absolute atomic E-state index is 13.0. The number of hydrogen-bond donors (Lipinski definition) is 0. The molecular formula is C22H27NO3. The molecule has 0 spiro atoms. The second kappa shape index (κ2) is 8.84. The predicted molar refractivity (Wildman–Crippen MR) is 101 cm³/mol. The van der Waals surface area contributed by atoms with Gasteiger partial charge in [-0.1, -0.05) is 56.0 Å². The minimum absolute atomic E-state index is 0.106. The fourth-order valence-electron chi connectivity index (χ4n) is 3.71. The molecule has 1 atom stereocenters. The molecule has 1 aromatic carbocycles. The molecule has 26 heavy (non-hydrogen) atoms. The van der Waals surface area contributed by atoms with Gasteiger partial charge in [-0.05, 0) is 30.9 Å². The molecule has 0 saturated heterocycles. The van der Waals surface area contributed by atoms with Crippen LogP contribution < -0.4 is 0 Å². The van der Waals surface area contributed by atoms with E-state index in [0.717, 1.165) is 38.6 Å². The highest BCUT2D eigenvalue weighted by molar-refractivity contribution is 6.08. The van der Waals surface area contributed by atoms with Gasteiger partial charge in [0, 0.05) is 24.0 Å². The molecule has 1 heterocycles. The van der Waals surface area contributed by atoms with Crippen molar-refractivity contribution in [1.29, 1.82) is 0 Å². The van der Waals surface area contributed by atoms with E-state index in [9.17, 15) is 9.59 Å². The number of methoxy groups -OCH3 is 1. The molecule has 0 N–H and O–H groups in total. The molecule has 2 bridgehead atoms.